The molecule has 1 aliphatic heterocycles. The summed E-state index contributed by atoms with van der Waals surface area (Å²) in [6, 6.07) is 5.25. The maximum atomic E-state index is 13.5. The van der Waals surface area contributed by atoms with Gasteiger partial charge in [-0.05, 0) is 42.0 Å². The molecular formula is C15H21FNO. The highest BCUT2D eigenvalue weighted by molar-refractivity contribution is 5.33. The average Bonchev–Trinajstić information content (AvgIpc) is 2.31. The van der Waals surface area contributed by atoms with Crippen LogP contribution in [-0.2, 0) is 6.54 Å². The van der Waals surface area contributed by atoms with E-state index < -0.39 is 0 Å². The van der Waals surface area contributed by atoms with E-state index in [9.17, 15) is 9.50 Å². The van der Waals surface area contributed by atoms with E-state index in [1.807, 2.05) is 13.8 Å². The van der Waals surface area contributed by atoms with Crippen molar-refractivity contribution in [2.24, 2.45) is 0 Å². The summed E-state index contributed by atoms with van der Waals surface area (Å²) in [6.07, 6.45) is 1.48. The third-order valence-electron chi connectivity index (χ3n) is 3.50. The van der Waals surface area contributed by atoms with E-state index in [4.69, 9.17) is 0 Å². The van der Waals surface area contributed by atoms with E-state index in [0.717, 1.165) is 49.5 Å². The number of hydrogen-bond donors (Lipinski definition) is 1. The largest absolute Gasteiger partial charge is 0.393 e. The summed E-state index contributed by atoms with van der Waals surface area (Å²) < 4.78 is 13.5. The van der Waals surface area contributed by atoms with Crippen molar-refractivity contribution in [3.05, 3.63) is 41.1 Å². The number of halogens is 1. The average molecular weight is 250 g/mol. The smallest absolute Gasteiger partial charge is 0.123 e. The first kappa shape index (κ1) is 13.5. The standard InChI is InChI=1S/C15H21FNO/c1-11(2)13-7-12(8-14(16)9-13)10-17-5-3-15(18)4-6-17/h7-9,15,18H,3-6,10H2,1-2H3. The molecule has 0 atom stereocenters. The summed E-state index contributed by atoms with van der Waals surface area (Å²) in [5.74, 6) is 0.963. The number of nitrogens with zero attached hydrogens (tertiary/aromatic N) is 1. The lowest BCUT2D eigenvalue weighted by molar-refractivity contribution is 0.0792. The minimum atomic E-state index is -0.166. The van der Waals surface area contributed by atoms with Crippen molar-refractivity contribution < 1.29 is 9.50 Å². The monoisotopic (exact) mass is 250 g/mol. The minimum Gasteiger partial charge on any atom is -0.393 e. The number of rotatable bonds is 3. The molecule has 99 valence electrons. The number of piperidine rings is 1. The molecule has 0 amide bonds. The molecule has 0 aromatic heterocycles. The highest BCUT2D eigenvalue weighted by atomic mass is 19.1. The molecule has 0 aliphatic carbocycles. The van der Waals surface area contributed by atoms with Gasteiger partial charge in [-0.25, -0.2) is 4.39 Å². The highest BCUT2D eigenvalue weighted by Gasteiger charge is 2.17. The zero-order valence-corrected chi connectivity index (χ0v) is 11.1. The van der Waals surface area contributed by atoms with Crippen molar-refractivity contribution in [1.82, 2.24) is 4.90 Å². The van der Waals surface area contributed by atoms with Crippen molar-refractivity contribution in [2.45, 2.75) is 39.3 Å². The fourth-order valence-corrected chi connectivity index (χ4v) is 2.37. The fraction of sp³-hybridized carbons (Fsp3) is 0.533. The van der Waals surface area contributed by atoms with E-state index in [-0.39, 0.29) is 11.9 Å². The first-order valence-corrected chi connectivity index (χ1v) is 6.55. The lowest BCUT2D eigenvalue weighted by Crippen LogP contribution is -2.35. The molecule has 3 heteroatoms. The summed E-state index contributed by atoms with van der Waals surface area (Å²) >= 11 is 0. The molecule has 0 unspecified atom stereocenters. The fourth-order valence-electron chi connectivity index (χ4n) is 2.37. The zero-order chi connectivity index (χ0) is 13.1. The Morgan fingerprint density at radius 2 is 1.94 bits per heavy atom. The second-order valence-electron chi connectivity index (χ2n) is 5.36. The van der Waals surface area contributed by atoms with Gasteiger partial charge in [-0.3, -0.25) is 4.90 Å². The molecule has 1 aromatic carbocycles. The van der Waals surface area contributed by atoms with Crippen LogP contribution in [0.4, 0.5) is 4.39 Å². The van der Waals surface area contributed by atoms with E-state index in [0.29, 0.717) is 0 Å². The Kier molecular flexibility index (Phi) is 4.36. The van der Waals surface area contributed by atoms with Gasteiger partial charge >= 0.3 is 0 Å². The van der Waals surface area contributed by atoms with Crippen LogP contribution in [0.1, 0.15) is 37.8 Å². The molecule has 1 aromatic rings. The summed E-state index contributed by atoms with van der Waals surface area (Å²) in [5.41, 5.74) is 1.99. The van der Waals surface area contributed by atoms with Crippen molar-refractivity contribution >= 4 is 0 Å². The molecule has 2 nitrogen and oxygen atoms in total. The molecule has 1 heterocycles. The number of likely N-dealkylation sites (tertiary alicyclic amines) is 1. The normalized spacial score (nSPS) is 18.5. The predicted octanol–water partition coefficient (Wildman–Crippen LogP) is 2.74. The lowest BCUT2D eigenvalue weighted by atomic mass is 10.00. The molecule has 1 aliphatic rings. The van der Waals surface area contributed by atoms with Crippen molar-refractivity contribution in [3.63, 3.8) is 0 Å². The Hall–Kier alpha value is -0.930. The zero-order valence-electron chi connectivity index (χ0n) is 11.1. The summed E-state index contributed by atoms with van der Waals surface area (Å²) in [7, 11) is 0. The number of aliphatic hydroxyl groups excluding tert-OH is 1. The van der Waals surface area contributed by atoms with Gasteiger partial charge in [0.2, 0.25) is 0 Å². The van der Waals surface area contributed by atoms with Crippen LogP contribution in [0.2, 0.25) is 0 Å². The van der Waals surface area contributed by atoms with Crippen LogP contribution in [0.25, 0.3) is 0 Å². The Bertz CT molecular complexity index is 397. The molecular weight excluding hydrogens is 229 g/mol. The van der Waals surface area contributed by atoms with Gasteiger partial charge in [-0.2, -0.15) is 0 Å². The summed E-state index contributed by atoms with van der Waals surface area (Å²) in [6.45, 7) is 6.54. The van der Waals surface area contributed by atoms with Gasteiger partial charge in [0.1, 0.15) is 5.82 Å². The van der Waals surface area contributed by atoms with Gasteiger partial charge in [-0.1, -0.05) is 19.9 Å². The maximum Gasteiger partial charge on any atom is 0.123 e. The summed E-state index contributed by atoms with van der Waals surface area (Å²) in [5, 5.41) is 9.46. The van der Waals surface area contributed by atoms with E-state index in [1.54, 1.807) is 12.1 Å². The SMILES string of the molecule is C[C](C)c1cc(F)cc(CN2CCC(O)CC2)c1. The molecule has 2 rings (SSSR count). The van der Waals surface area contributed by atoms with E-state index in [1.165, 1.54) is 0 Å². The third-order valence-corrected chi connectivity index (χ3v) is 3.50. The topological polar surface area (TPSA) is 23.5 Å². The van der Waals surface area contributed by atoms with Gasteiger partial charge in [-0.15, -0.1) is 0 Å². The molecule has 1 saturated heterocycles. The number of aliphatic hydroxyl groups is 1. The lowest BCUT2D eigenvalue weighted by Gasteiger charge is -2.29. The maximum absolute atomic E-state index is 13.5. The van der Waals surface area contributed by atoms with Crippen LogP contribution in [-0.4, -0.2) is 29.2 Å². The van der Waals surface area contributed by atoms with Crippen molar-refractivity contribution in [2.75, 3.05) is 13.1 Å². The van der Waals surface area contributed by atoms with Crippen LogP contribution in [0.5, 0.6) is 0 Å². The third kappa shape index (κ3) is 3.53. The molecule has 1 fully saturated rings. The molecule has 0 saturated carbocycles. The Morgan fingerprint density at radius 3 is 2.56 bits per heavy atom. The molecule has 0 spiro atoms. The van der Waals surface area contributed by atoms with Crippen molar-refractivity contribution in [1.29, 1.82) is 0 Å². The van der Waals surface area contributed by atoms with Gasteiger partial charge in [0, 0.05) is 19.6 Å². The van der Waals surface area contributed by atoms with Crippen molar-refractivity contribution in [3.8, 4) is 0 Å². The number of benzene rings is 1. The van der Waals surface area contributed by atoms with Gasteiger partial charge in [0.05, 0.1) is 6.10 Å². The molecule has 18 heavy (non-hydrogen) atoms. The minimum absolute atomic E-state index is 0.157. The Labute approximate surface area is 108 Å². The van der Waals surface area contributed by atoms with Gasteiger partial charge < -0.3 is 5.11 Å². The first-order valence-electron chi connectivity index (χ1n) is 6.55. The Morgan fingerprint density at radius 1 is 1.28 bits per heavy atom. The molecule has 0 bridgehead atoms. The van der Waals surface area contributed by atoms with Crippen LogP contribution in [0.15, 0.2) is 18.2 Å². The van der Waals surface area contributed by atoms with E-state index >= 15 is 0 Å². The van der Waals surface area contributed by atoms with Crippen LogP contribution < -0.4 is 0 Å². The second-order valence-corrected chi connectivity index (χ2v) is 5.36. The van der Waals surface area contributed by atoms with Crippen LogP contribution in [0.3, 0.4) is 0 Å². The van der Waals surface area contributed by atoms with Crippen LogP contribution >= 0.6 is 0 Å². The molecule has 1 radical (unpaired) electrons. The quantitative estimate of drug-likeness (QED) is 0.891. The van der Waals surface area contributed by atoms with E-state index in [2.05, 4.69) is 11.0 Å². The summed E-state index contributed by atoms with van der Waals surface area (Å²) in [4.78, 5) is 2.27. The second kappa shape index (κ2) is 5.81. The molecule has 1 N–H and O–H groups in total. The van der Waals surface area contributed by atoms with Gasteiger partial charge in [0.15, 0.2) is 0 Å². The number of hydrogen-bond acceptors (Lipinski definition) is 2. The highest BCUT2D eigenvalue weighted by Crippen LogP contribution is 2.20. The van der Waals surface area contributed by atoms with Crippen LogP contribution in [0, 0.1) is 11.7 Å². The predicted molar refractivity (Wildman–Crippen MR) is 70.6 cm³/mol. The first-order chi connectivity index (χ1) is 8.54. The van der Waals surface area contributed by atoms with Gasteiger partial charge in [0.25, 0.3) is 0 Å². The Balaban J connectivity index is 2.04.